The quantitative estimate of drug-likeness (QED) is 0.829. The van der Waals surface area contributed by atoms with Crippen molar-refractivity contribution in [3.05, 3.63) is 23.2 Å². The van der Waals surface area contributed by atoms with Crippen LogP contribution in [0.1, 0.15) is 43.4 Å². The largest absolute Gasteiger partial charge is 0.355 e. The number of anilines is 1. The number of amides is 1. The molecule has 0 spiro atoms. The lowest BCUT2D eigenvalue weighted by Crippen LogP contribution is -2.45. The Balaban J connectivity index is 1.33. The number of aryl methyl sites for hydroxylation is 1. The number of hydrogen-bond acceptors (Lipinski definition) is 5. The fourth-order valence-electron chi connectivity index (χ4n) is 4.55. The minimum absolute atomic E-state index is 0.0645. The first kappa shape index (κ1) is 19.6. The first-order chi connectivity index (χ1) is 13.7. The van der Waals surface area contributed by atoms with Gasteiger partial charge in [-0.1, -0.05) is 12.8 Å². The van der Waals surface area contributed by atoms with Gasteiger partial charge >= 0.3 is 0 Å². The van der Waals surface area contributed by atoms with Crippen LogP contribution in [-0.2, 0) is 4.79 Å². The number of aromatic nitrogens is 1. The predicted octanol–water partition coefficient (Wildman–Crippen LogP) is 3.81. The molecule has 0 aromatic carbocycles. The van der Waals surface area contributed by atoms with Crippen LogP contribution < -0.4 is 10.2 Å². The Labute approximate surface area is 172 Å². The Morgan fingerprint density at radius 2 is 2.04 bits per heavy atom. The second-order valence-corrected chi connectivity index (χ2v) is 9.52. The van der Waals surface area contributed by atoms with E-state index in [4.69, 9.17) is 0 Å². The van der Waals surface area contributed by atoms with Crippen molar-refractivity contribution < 1.29 is 4.79 Å². The Morgan fingerprint density at radius 1 is 1.21 bits per heavy atom. The summed E-state index contributed by atoms with van der Waals surface area (Å²) in [4.78, 5) is 23.6. The number of carbonyl (C=O) groups excluding carboxylic acids is 1. The van der Waals surface area contributed by atoms with Crippen molar-refractivity contribution in [2.24, 2.45) is 5.92 Å². The van der Waals surface area contributed by atoms with Crippen LogP contribution in [0.15, 0.2) is 18.3 Å². The van der Waals surface area contributed by atoms with E-state index in [-0.39, 0.29) is 11.8 Å². The minimum atomic E-state index is 0.0645. The highest BCUT2D eigenvalue weighted by molar-refractivity contribution is 7.19. The number of nitrogens with zero attached hydrogens (tertiary/aromatic N) is 3. The van der Waals surface area contributed by atoms with Gasteiger partial charge in [0.15, 0.2) is 0 Å². The highest BCUT2D eigenvalue weighted by atomic mass is 32.1. The fourth-order valence-corrected chi connectivity index (χ4v) is 5.47. The van der Waals surface area contributed by atoms with E-state index in [0.717, 1.165) is 44.8 Å². The molecule has 1 amide bonds. The molecule has 5 nitrogen and oxygen atoms in total. The van der Waals surface area contributed by atoms with Gasteiger partial charge in [0.25, 0.3) is 0 Å². The third kappa shape index (κ3) is 4.66. The first-order valence-corrected chi connectivity index (χ1v) is 11.6. The lowest BCUT2D eigenvalue weighted by molar-refractivity contribution is -0.125. The van der Waals surface area contributed by atoms with Gasteiger partial charge in [-0.3, -0.25) is 4.79 Å². The SMILES string of the molecule is Cc1cc2c(N3CCCC(C(=O)NCCN4CCCCCC4)C3)nccc2s1. The fraction of sp³-hybridized carbons (Fsp3) is 0.636. The number of rotatable bonds is 5. The molecule has 2 aromatic heterocycles. The third-order valence-corrected chi connectivity index (χ3v) is 7.08. The molecular formula is C22H32N4OS. The number of carbonyl (C=O) groups is 1. The summed E-state index contributed by atoms with van der Waals surface area (Å²) in [7, 11) is 0. The first-order valence-electron chi connectivity index (χ1n) is 10.8. The molecule has 1 atom stereocenters. The van der Waals surface area contributed by atoms with E-state index >= 15 is 0 Å². The number of nitrogens with one attached hydrogen (secondary N) is 1. The van der Waals surface area contributed by atoms with Gasteiger partial charge in [0.05, 0.1) is 5.92 Å². The van der Waals surface area contributed by atoms with Crippen LogP contribution in [0.5, 0.6) is 0 Å². The van der Waals surface area contributed by atoms with Crippen LogP contribution in [0.4, 0.5) is 5.82 Å². The monoisotopic (exact) mass is 400 g/mol. The van der Waals surface area contributed by atoms with Crippen LogP contribution >= 0.6 is 11.3 Å². The third-order valence-electron chi connectivity index (χ3n) is 6.07. The average molecular weight is 401 g/mol. The van der Waals surface area contributed by atoms with Gasteiger partial charge in [0.1, 0.15) is 5.82 Å². The zero-order valence-corrected chi connectivity index (χ0v) is 17.8. The molecule has 2 saturated heterocycles. The maximum atomic E-state index is 12.8. The molecule has 4 rings (SSSR count). The predicted molar refractivity (Wildman–Crippen MR) is 117 cm³/mol. The lowest BCUT2D eigenvalue weighted by Gasteiger charge is -2.33. The van der Waals surface area contributed by atoms with Gasteiger partial charge in [-0.05, 0) is 57.8 Å². The second-order valence-electron chi connectivity index (χ2n) is 8.24. The molecular weight excluding hydrogens is 368 g/mol. The molecule has 2 aromatic rings. The molecule has 0 bridgehead atoms. The van der Waals surface area contributed by atoms with Crippen molar-refractivity contribution in [1.82, 2.24) is 15.2 Å². The number of hydrogen-bond donors (Lipinski definition) is 1. The Morgan fingerprint density at radius 3 is 2.86 bits per heavy atom. The molecule has 1 N–H and O–H groups in total. The average Bonchev–Trinajstić information content (AvgIpc) is 2.91. The highest BCUT2D eigenvalue weighted by Crippen LogP contribution is 2.33. The number of thiophene rings is 1. The molecule has 4 heterocycles. The van der Waals surface area contributed by atoms with Crippen LogP contribution in [0.3, 0.4) is 0 Å². The van der Waals surface area contributed by atoms with Crippen LogP contribution in [0, 0.1) is 12.8 Å². The summed E-state index contributed by atoms with van der Waals surface area (Å²) in [6.45, 7) is 8.02. The number of pyridine rings is 1. The van der Waals surface area contributed by atoms with E-state index < -0.39 is 0 Å². The molecule has 0 radical (unpaired) electrons. The summed E-state index contributed by atoms with van der Waals surface area (Å²) in [6.07, 6.45) is 9.23. The van der Waals surface area contributed by atoms with E-state index in [9.17, 15) is 4.79 Å². The molecule has 28 heavy (non-hydrogen) atoms. The van der Waals surface area contributed by atoms with E-state index in [1.807, 2.05) is 17.5 Å². The molecule has 2 aliphatic rings. The van der Waals surface area contributed by atoms with Crippen LogP contribution in [0.2, 0.25) is 0 Å². The van der Waals surface area contributed by atoms with Crippen LogP contribution in [0.25, 0.3) is 10.1 Å². The highest BCUT2D eigenvalue weighted by Gasteiger charge is 2.27. The summed E-state index contributed by atoms with van der Waals surface area (Å²) in [5.41, 5.74) is 0. The number of piperidine rings is 1. The summed E-state index contributed by atoms with van der Waals surface area (Å²) in [5.74, 6) is 1.33. The van der Waals surface area contributed by atoms with Crippen LogP contribution in [-0.4, -0.2) is 55.1 Å². The van der Waals surface area contributed by atoms with E-state index in [2.05, 4.69) is 39.2 Å². The van der Waals surface area contributed by atoms with E-state index in [1.165, 1.54) is 53.7 Å². The van der Waals surface area contributed by atoms with Crippen molar-refractivity contribution in [2.75, 3.05) is 44.2 Å². The summed E-state index contributed by atoms with van der Waals surface area (Å²) >= 11 is 1.81. The van der Waals surface area contributed by atoms with Crippen molar-refractivity contribution >= 4 is 33.1 Å². The van der Waals surface area contributed by atoms with Gasteiger partial charge in [0.2, 0.25) is 5.91 Å². The topological polar surface area (TPSA) is 48.5 Å². The molecule has 152 valence electrons. The Bertz CT molecular complexity index is 797. The number of likely N-dealkylation sites (tertiary alicyclic amines) is 1. The molecule has 2 fully saturated rings. The second kappa shape index (κ2) is 9.23. The number of fused-ring (bicyclic) bond motifs is 1. The maximum absolute atomic E-state index is 12.8. The summed E-state index contributed by atoms with van der Waals surface area (Å²) in [6, 6.07) is 4.32. The molecule has 1 unspecified atom stereocenters. The van der Waals surface area contributed by atoms with Gasteiger partial charge in [0, 0.05) is 47.3 Å². The summed E-state index contributed by atoms with van der Waals surface area (Å²) < 4.78 is 1.28. The zero-order chi connectivity index (χ0) is 19.3. The van der Waals surface area contributed by atoms with Gasteiger partial charge in [-0.2, -0.15) is 0 Å². The Hall–Kier alpha value is -1.66. The van der Waals surface area contributed by atoms with Crippen molar-refractivity contribution in [3.8, 4) is 0 Å². The standard InChI is InChI=1S/C22H32N4OS/c1-17-15-19-20(28-17)8-9-23-21(19)26-13-6-7-18(16-26)22(27)24-10-14-25-11-4-2-3-5-12-25/h8-9,15,18H,2-7,10-14,16H2,1H3,(H,24,27). The minimum Gasteiger partial charge on any atom is -0.355 e. The van der Waals surface area contributed by atoms with E-state index in [0.29, 0.717) is 0 Å². The lowest BCUT2D eigenvalue weighted by atomic mass is 9.97. The molecule has 6 heteroatoms. The Kier molecular flexibility index (Phi) is 6.47. The van der Waals surface area contributed by atoms with Gasteiger partial charge < -0.3 is 15.1 Å². The van der Waals surface area contributed by atoms with Crippen molar-refractivity contribution in [3.63, 3.8) is 0 Å². The molecule has 0 aliphatic carbocycles. The van der Waals surface area contributed by atoms with Crippen molar-refractivity contribution in [2.45, 2.75) is 45.4 Å². The van der Waals surface area contributed by atoms with E-state index in [1.54, 1.807) is 0 Å². The molecule has 2 aliphatic heterocycles. The van der Waals surface area contributed by atoms with Gasteiger partial charge in [-0.15, -0.1) is 11.3 Å². The molecule has 0 saturated carbocycles. The zero-order valence-electron chi connectivity index (χ0n) is 17.0. The van der Waals surface area contributed by atoms with Gasteiger partial charge in [-0.25, -0.2) is 4.98 Å². The smallest absolute Gasteiger partial charge is 0.224 e. The summed E-state index contributed by atoms with van der Waals surface area (Å²) in [5, 5.41) is 4.44. The van der Waals surface area contributed by atoms with Crippen molar-refractivity contribution in [1.29, 1.82) is 0 Å². The maximum Gasteiger partial charge on any atom is 0.224 e. The normalized spacial score (nSPS) is 21.6.